The summed E-state index contributed by atoms with van der Waals surface area (Å²) in [5.74, 6) is -2.28. The van der Waals surface area contributed by atoms with Crippen molar-refractivity contribution in [2.24, 2.45) is 5.92 Å². The number of hydrogen-bond acceptors (Lipinski definition) is 2. The smallest absolute Gasteiger partial charge is 0.229 e. The van der Waals surface area contributed by atoms with Crippen LogP contribution in [0.2, 0.25) is 5.02 Å². The van der Waals surface area contributed by atoms with Gasteiger partial charge in [-0.05, 0) is 32.0 Å². The molecule has 1 aromatic carbocycles. The van der Waals surface area contributed by atoms with E-state index in [9.17, 15) is 13.6 Å². The van der Waals surface area contributed by atoms with Crippen LogP contribution in [0.4, 0.5) is 14.5 Å². The van der Waals surface area contributed by atoms with Crippen molar-refractivity contribution in [2.45, 2.75) is 19.4 Å². The quantitative estimate of drug-likeness (QED) is 0.814. The molecule has 1 aliphatic heterocycles. The van der Waals surface area contributed by atoms with E-state index >= 15 is 0 Å². The van der Waals surface area contributed by atoms with Gasteiger partial charge < -0.3 is 10.6 Å². The molecule has 1 saturated heterocycles. The minimum Gasteiger partial charge on any atom is -0.323 e. The van der Waals surface area contributed by atoms with Crippen LogP contribution < -0.4 is 10.6 Å². The number of halogens is 3. The normalized spacial score (nSPS) is 23.1. The molecule has 1 heterocycles. The Balaban J connectivity index is 2.14. The van der Waals surface area contributed by atoms with E-state index in [2.05, 4.69) is 10.6 Å². The lowest BCUT2D eigenvalue weighted by molar-refractivity contribution is -0.120. The van der Waals surface area contributed by atoms with Gasteiger partial charge in [0.25, 0.3) is 0 Å². The fourth-order valence-electron chi connectivity index (χ4n) is 2.06. The van der Waals surface area contributed by atoms with Crippen LogP contribution in [-0.4, -0.2) is 18.5 Å². The molecule has 0 spiro atoms. The molecule has 2 rings (SSSR count). The summed E-state index contributed by atoms with van der Waals surface area (Å²) in [6.07, 6.45) is 0.698. The van der Waals surface area contributed by atoms with Crippen LogP contribution in [0.25, 0.3) is 0 Å². The van der Waals surface area contributed by atoms with E-state index in [1.165, 1.54) is 6.07 Å². The molecular formula is C12H13ClF2N2O. The van der Waals surface area contributed by atoms with Crippen molar-refractivity contribution < 1.29 is 13.6 Å². The number of amides is 1. The summed E-state index contributed by atoms with van der Waals surface area (Å²) in [6.45, 7) is 2.65. The maximum absolute atomic E-state index is 13.6. The second kappa shape index (κ2) is 5.20. The predicted octanol–water partition coefficient (Wildman–Crippen LogP) is 2.55. The standard InChI is InChI=1S/C12H13ClF2N2O/c1-6-7(4-5-16-6)12(18)17-9-3-2-8(14)10(13)11(9)15/h2-3,6-7,16H,4-5H2,1H3,(H,17,18)/t6-,7-/m0/s1. The topological polar surface area (TPSA) is 41.1 Å². The third-order valence-electron chi connectivity index (χ3n) is 3.16. The molecule has 2 N–H and O–H groups in total. The lowest BCUT2D eigenvalue weighted by Gasteiger charge is -2.15. The number of carbonyl (C=O) groups excluding carboxylic acids is 1. The van der Waals surface area contributed by atoms with Gasteiger partial charge in [-0.15, -0.1) is 0 Å². The molecular weight excluding hydrogens is 262 g/mol. The van der Waals surface area contributed by atoms with Crippen LogP contribution in [0.5, 0.6) is 0 Å². The maximum Gasteiger partial charge on any atom is 0.229 e. The SMILES string of the molecule is C[C@@H]1NCC[C@@H]1C(=O)Nc1ccc(F)c(Cl)c1F. The predicted molar refractivity (Wildman–Crippen MR) is 65.6 cm³/mol. The van der Waals surface area contributed by atoms with E-state index < -0.39 is 16.7 Å². The lowest BCUT2D eigenvalue weighted by Crippen LogP contribution is -2.32. The van der Waals surface area contributed by atoms with Gasteiger partial charge >= 0.3 is 0 Å². The molecule has 2 atom stereocenters. The summed E-state index contributed by atoms with van der Waals surface area (Å²) in [5, 5.41) is 4.97. The van der Waals surface area contributed by atoms with Crippen molar-refractivity contribution >= 4 is 23.2 Å². The first-order chi connectivity index (χ1) is 8.50. The number of rotatable bonds is 2. The Morgan fingerprint density at radius 3 is 2.83 bits per heavy atom. The van der Waals surface area contributed by atoms with E-state index in [4.69, 9.17) is 11.6 Å². The fourth-order valence-corrected chi connectivity index (χ4v) is 2.23. The summed E-state index contributed by atoms with van der Waals surface area (Å²) < 4.78 is 26.6. The summed E-state index contributed by atoms with van der Waals surface area (Å²) in [6, 6.07) is 2.24. The molecule has 6 heteroatoms. The number of hydrogen-bond donors (Lipinski definition) is 2. The highest BCUT2D eigenvalue weighted by Crippen LogP contribution is 2.26. The summed E-state index contributed by atoms with van der Waals surface area (Å²) in [4.78, 5) is 11.9. The van der Waals surface area contributed by atoms with Crippen molar-refractivity contribution in [3.63, 3.8) is 0 Å². The Bertz CT molecular complexity index is 481. The lowest BCUT2D eigenvalue weighted by atomic mass is 10.0. The fraction of sp³-hybridized carbons (Fsp3) is 0.417. The summed E-state index contributed by atoms with van der Waals surface area (Å²) in [5.41, 5.74) is -0.0921. The van der Waals surface area contributed by atoms with Gasteiger partial charge in [0.05, 0.1) is 11.6 Å². The first-order valence-corrected chi connectivity index (χ1v) is 6.06. The van der Waals surface area contributed by atoms with E-state index in [0.29, 0.717) is 6.42 Å². The number of benzene rings is 1. The first-order valence-electron chi connectivity index (χ1n) is 5.68. The van der Waals surface area contributed by atoms with Gasteiger partial charge in [-0.2, -0.15) is 0 Å². The molecule has 1 aliphatic rings. The Morgan fingerprint density at radius 1 is 1.50 bits per heavy atom. The van der Waals surface area contributed by atoms with Gasteiger partial charge in [-0.25, -0.2) is 8.78 Å². The van der Waals surface area contributed by atoms with Crippen LogP contribution in [0.15, 0.2) is 12.1 Å². The Labute approximate surface area is 109 Å². The van der Waals surface area contributed by atoms with Crippen molar-refractivity contribution in [3.05, 3.63) is 28.8 Å². The van der Waals surface area contributed by atoms with E-state index in [-0.39, 0.29) is 23.6 Å². The van der Waals surface area contributed by atoms with Crippen molar-refractivity contribution in [3.8, 4) is 0 Å². The zero-order valence-corrected chi connectivity index (χ0v) is 10.5. The Hall–Kier alpha value is -1.20. The monoisotopic (exact) mass is 274 g/mol. The molecule has 0 saturated carbocycles. The first kappa shape index (κ1) is 13.2. The van der Waals surface area contributed by atoms with Gasteiger partial charge in [0.2, 0.25) is 5.91 Å². The molecule has 0 radical (unpaired) electrons. The molecule has 1 fully saturated rings. The van der Waals surface area contributed by atoms with Gasteiger partial charge in [-0.1, -0.05) is 11.6 Å². The Morgan fingerprint density at radius 2 is 2.22 bits per heavy atom. The minimum absolute atomic E-state index is 0.0454. The highest BCUT2D eigenvalue weighted by Gasteiger charge is 2.30. The second-order valence-corrected chi connectivity index (χ2v) is 4.73. The number of anilines is 1. The molecule has 3 nitrogen and oxygen atoms in total. The third kappa shape index (κ3) is 2.47. The highest BCUT2D eigenvalue weighted by molar-refractivity contribution is 6.31. The zero-order valence-electron chi connectivity index (χ0n) is 9.77. The average molecular weight is 275 g/mol. The second-order valence-electron chi connectivity index (χ2n) is 4.35. The largest absolute Gasteiger partial charge is 0.323 e. The molecule has 1 aromatic rings. The van der Waals surface area contributed by atoms with Crippen molar-refractivity contribution in [1.82, 2.24) is 5.32 Å². The maximum atomic E-state index is 13.6. The van der Waals surface area contributed by atoms with Crippen molar-refractivity contribution in [1.29, 1.82) is 0 Å². The van der Waals surface area contributed by atoms with E-state index in [1.807, 2.05) is 6.92 Å². The molecule has 1 amide bonds. The van der Waals surface area contributed by atoms with Gasteiger partial charge in [0, 0.05) is 6.04 Å². The average Bonchev–Trinajstić information content (AvgIpc) is 2.76. The van der Waals surface area contributed by atoms with Gasteiger partial charge in [0.15, 0.2) is 5.82 Å². The van der Waals surface area contributed by atoms with Crippen molar-refractivity contribution in [2.75, 3.05) is 11.9 Å². The van der Waals surface area contributed by atoms with Crippen LogP contribution in [0, 0.1) is 17.6 Å². The molecule has 0 bridgehead atoms. The number of nitrogens with one attached hydrogen (secondary N) is 2. The summed E-state index contributed by atoms with van der Waals surface area (Å²) in [7, 11) is 0. The van der Waals surface area contributed by atoms with Gasteiger partial charge in [-0.3, -0.25) is 4.79 Å². The molecule has 0 aliphatic carbocycles. The Kier molecular flexibility index (Phi) is 3.82. The minimum atomic E-state index is -0.941. The van der Waals surface area contributed by atoms with Crippen LogP contribution in [0.3, 0.4) is 0 Å². The molecule has 0 aromatic heterocycles. The third-order valence-corrected chi connectivity index (χ3v) is 3.50. The molecule has 0 unspecified atom stereocenters. The molecule has 18 heavy (non-hydrogen) atoms. The summed E-state index contributed by atoms with van der Waals surface area (Å²) >= 11 is 5.44. The zero-order chi connectivity index (χ0) is 13.3. The van der Waals surface area contributed by atoms with Crippen LogP contribution in [0.1, 0.15) is 13.3 Å². The van der Waals surface area contributed by atoms with E-state index in [0.717, 1.165) is 12.6 Å². The van der Waals surface area contributed by atoms with Crippen LogP contribution >= 0.6 is 11.6 Å². The van der Waals surface area contributed by atoms with E-state index in [1.54, 1.807) is 0 Å². The van der Waals surface area contributed by atoms with Gasteiger partial charge in [0.1, 0.15) is 10.8 Å². The van der Waals surface area contributed by atoms with Crippen LogP contribution in [-0.2, 0) is 4.79 Å². The molecule has 98 valence electrons. The number of carbonyl (C=O) groups is 1. The highest BCUT2D eigenvalue weighted by atomic mass is 35.5.